The first-order valence-electron chi connectivity index (χ1n) is 33.6. The highest BCUT2D eigenvalue weighted by atomic mass is 16.6. The lowest BCUT2D eigenvalue weighted by Gasteiger charge is -2.29. The lowest BCUT2D eigenvalue weighted by Crippen LogP contribution is -2.40. The Hall–Kier alpha value is -4.42. The van der Waals surface area contributed by atoms with Crippen molar-refractivity contribution in [1.29, 1.82) is 0 Å². The van der Waals surface area contributed by atoms with Crippen LogP contribution in [0.5, 0.6) is 11.5 Å². The third-order valence-electron chi connectivity index (χ3n) is 14.1. The largest absolute Gasteiger partial charge is 0.490 e. The van der Waals surface area contributed by atoms with Gasteiger partial charge >= 0.3 is 18.3 Å². The maximum atomic E-state index is 13.6. The molecule has 1 aromatic carbocycles. The van der Waals surface area contributed by atoms with E-state index >= 15 is 0 Å². The summed E-state index contributed by atoms with van der Waals surface area (Å²) in [5, 5.41) is 5.87. The Morgan fingerprint density at radius 3 is 1.12 bits per heavy atom. The standard InChI is InChI=1S/C70H126N4O9/c1-12-14-16-18-20-22-24-26-28-30-32-34-36-38-40-48-58-79-62-51-50-61(60-63(62)80-59-49-41-39-37-35-33-31-29-27-25-23-21-19-17-15-13-2)64(75)71-52-42-44-54-73(66(77)82-69(6,7)8)56-46-47-57-74(67(78)83-70(9,10)11)55-45-43-53-72-65(76)81-68(3,4)5/h26-29,50-51,60H,12-25,30-49,52-59H2,1-11H3,(H,71,75)(H,72,76). The number of rotatable bonds is 50. The summed E-state index contributed by atoms with van der Waals surface area (Å²) in [4.78, 5) is 55.8. The van der Waals surface area contributed by atoms with Gasteiger partial charge in [-0.1, -0.05) is 154 Å². The van der Waals surface area contributed by atoms with Crippen molar-refractivity contribution >= 4 is 24.2 Å². The molecule has 1 rings (SSSR count). The van der Waals surface area contributed by atoms with Gasteiger partial charge in [0.1, 0.15) is 16.8 Å². The van der Waals surface area contributed by atoms with E-state index in [1.54, 1.807) is 9.80 Å². The molecule has 0 fully saturated rings. The van der Waals surface area contributed by atoms with Gasteiger partial charge in [0.2, 0.25) is 0 Å². The van der Waals surface area contributed by atoms with E-state index in [1.807, 2.05) is 80.5 Å². The molecule has 83 heavy (non-hydrogen) atoms. The molecule has 0 radical (unpaired) electrons. The molecular weight excluding hydrogens is 1040 g/mol. The molecule has 0 aromatic heterocycles. The van der Waals surface area contributed by atoms with Gasteiger partial charge in [-0.15, -0.1) is 0 Å². The van der Waals surface area contributed by atoms with Crippen LogP contribution in [0.1, 0.15) is 305 Å². The van der Waals surface area contributed by atoms with Gasteiger partial charge in [0.05, 0.1) is 13.2 Å². The van der Waals surface area contributed by atoms with E-state index in [4.69, 9.17) is 23.7 Å². The van der Waals surface area contributed by atoms with E-state index in [2.05, 4.69) is 48.8 Å². The Kier molecular flexibility index (Phi) is 45.0. The number of ether oxygens (including phenoxy) is 5. The number of carbonyl (C=O) groups excluding carboxylic acids is 4. The lowest BCUT2D eigenvalue weighted by molar-refractivity contribution is 0.0206. The quantitative estimate of drug-likeness (QED) is 0.0370. The zero-order valence-electron chi connectivity index (χ0n) is 55.3. The normalized spacial score (nSPS) is 12.0. The van der Waals surface area contributed by atoms with Crippen LogP contribution in [0.25, 0.3) is 0 Å². The van der Waals surface area contributed by atoms with Crippen molar-refractivity contribution < 1.29 is 42.9 Å². The first-order chi connectivity index (χ1) is 39.7. The monoisotopic (exact) mass is 1170 g/mol. The minimum atomic E-state index is -0.661. The Morgan fingerprint density at radius 2 is 0.735 bits per heavy atom. The molecule has 0 bridgehead atoms. The highest BCUT2D eigenvalue weighted by molar-refractivity contribution is 5.94. The Morgan fingerprint density at radius 1 is 0.398 bits per heavy atom. The van der Waals surface area contributed by atoms with Crippen LogP contribution in [0.2, 0.25) is 0 Å². The topological polar surface area (TPSA) is 145 Å². The van der Waals surface area contributed by atoms with Crippen LogP contribution >= 0.6 is 0 Å². The van der Waals surface area contributed by atoms with Crippen molar-refractivity contribution in [2.24, 2.45) is 0 Å². The van der Waals surface area contributed by atoms with Gasteiger partial charge in [-0.3, -0.25) is 4.79 Å². The maximum Gasteiger partial charge on any atom is 0.410 e. The molecule has 0 saturated heterocycles. The van der Waals surface area contributed by atoms with Crippen molar-refractivity contribution in [2.75, 3.05) is 52.5 Å². The number of hydrogen-bond acceptors (Lipinski definition) is 9. The average molecular weight is 1170 g/mol. The van der Waals surface area contributed by atoms with Crippen LogP contribution in [0.15, 0.2) is 42.5 Å². The third-order valence-corrected chi connectivity index (χ3v) is 14.1. The number of hydrogen-bond donors (Lipinski definition) is 2. The van der Waals surface area contributed by atoms with Crippen LogP contribution in [-0.2, 0) is 14.2 Å². The second-order valence-corrected chi connectivity index (χ2v) is 26.0. The molecule has 480 valence electrons. The predicted octanol–water partition coefficient (Wildman–Crippen LogP) is 19.6. The van der Waals surface area contributed by atoms with Gasteiger partial charge in [0.15, 0.2) is 11.5 Å². The van der Waals surface area contributed by atoms with Gasteiger partial charge in [0.25, 0.3) is 5.91 Å². The van der Waals surface area contributed by atoms with E-state index < -0.39 is 22.9 Å². The third kappa shape index (κ3) is 47.5. The Labute approximate surface area is 508 Å². The minimum Gasteiger partial charge on any atom is -0.490 e. The summed E-state index contributed by atoms with van der Waals surface area (Å²) in [6.45, 7) is 25.0. The zero-order chi connectivity index (χ0) is 61.3. The summed E-state index contributed by atoms with van der Waals surface area (Å²) in [6.07, 6.45) is 47.4. The van der Waals surface area contributed by atoms with Crippen molar-refractivity contribution in [2.45, 2.75) is 311 Å². The number of nitrogens with one attached hydrogen (secondary N) is 2. The number of benzene rings is 1. The highest BCUT2D eigenvalue weighted by Gasteiger charge is 2.24. The second kappa shape index (κ2) is 48.8. The fraction of sp³-hybridized carbons (Fsp3) is 0.800. The molecular formula is C70H126N4O9. The molecule has 0 atom stereocenters. The van der Waals surface area contributed by atoms with Crippen LogP contribution in [0.3, 0.4) is 0 Å². The SMILES string of the molecule is CCCCCCCCC=CCCCCCCCCOc1ccc(C(=O)NCCCCN(CCCCN(CCCCNC(=O)OC(C)(C)C)C(=O)OC(C)(C)C)C(=O)OC(C)(C)C)cc1OCCCCCCCCC=CCCCCCCCC. The van der Waals surface area contributed by atoms with Gasteiger partial charge < -0.3 is 44.1 Å². The molecule has 0 aliphatic carbocycles. The number of carbonyl (C=O) groups is 4. The molecule has 0 unspecified atom stereocenters. The van der Waals surface area contributed by atoms with Crippen LogP contribution < -0.4 is 20.1 Å². The zero-order valence-corrected chi connectivity index (χ0v) is 55.3. The van der Waals surface area contributed by atoms with E-state index in [0.29, 0.717) is 108 Å². The molecule has 2 N–H and O–H groups in total. The van der Waals surface area contributed by atoms with E-state index in [9.17, 15) is 19.2 Å². The molecule has 0 spiro atoms. The van der Waals surface area contributed by atoms with Gasteiger partial charge in [0, 0.05) is 44.8 Å². The predicted molar refractivity (Wildman–Crippen MR) is 346 cm³/mol. The van der Waals surface area contributed by atoms with Crippen molar-refractivity contribution in [1.82, 2.24) is 20.4 Å². The molecule has 1 aromatic rings. The molecule has 13 heteroatoms. The van der Waals surface area contributed by atoms with Crippen LogP contribution in [0.4, 0.5) is 14.4 Å². The Bertz CT molecular complexity index is 1850. The fourth-order valence-electron chi connectivity index (χ4n) is 9.46. The molecule has 0 aliphatic heterocycles. The summed E-state index contributed by atoms with van der Waals surface area (Å²) in [5.41, 5.74) is -1.36. The number of allylic oxidation sites excluding steroid dienone is 4. The van der Waals surface area contributed by atoms with Crippen LogP contribution in [-0.4, -0.2) is 103 Å². The van der Waals surface area contributed by atoms with E-state index in [-0.39, 0.29) is 18.1 Å². The van der Waals surface area contributed by atoms with E-state index in [0.717, 1.165) is 25.7 Å². The molecule has 4 amide bonds. The number of alkyl carbamates (subject to hydrolysis) is 1. The summed E-state index contributed by atoms with van der Waals surface area (Å²) < 4.78 is 29.6. The number of nitrogens with zero attached hydrogens (tertiary/aromatic N) is 2. The minimum absolute atomic E-state index is 0.176. The summed E-state index contributed by atoms with van der Waals surface area (Å²) in [6, 6.07) is 5.52. The second-order valence-electron chi connectivity index (χ2n) is 26.0. The van der Waals surface area contributed by atoms with Crippen molar-refractivity contribution in [3.8, 4) is 11.5 Å². The Balaban J connectivity index is 2.77. The first-order valence-corrected chi connectivity index (χ1v) is 33.6. The highest BCUT2D eigenvalue weighted by Crippen LogP contribution is 2.30. The smallest absolute Gasteiger partial charge is 0.410 e. The van der Waals surface area contributed by atoms with Gasteiger partial charge in [-0.2, -0.15) is 0 Å². The number of unbranched alkanes of at least 4 members (excludes halogenated alkanes) is 27. The van der Waals surface area contributed by atoms with Gasteiger partial charge in [-0.05, 0) is 183 Å². The summed E-state index contributed by atoms with van der Waals surface area (Å²) in [7, 11) is 0. The van der Waals surface area contributed by atoms with Crippen molar-refractivity contribution in [3.63, 3.8) is 0 Å². The molecule has 13 nitrogen and oxygen atoms in total. The first kappa shape index (κ1) is 76.6. The molecule has 0 heterocycles. The molecule has 0 aliphatic rings. The van der Waals surface area contributed by atoms with E-state index in [1.165, 1.54) is 154 Å². The lowest BCUT2D eigenvalue weighted by atomic mass is 10.1. The number of amides is 4. The maximum absolute atomic E-state index is 13.6. The molecule has 0 saturated carbocycles. The van der Waals surface area contributed by atoms with Crippen molar-refractivity contribution in [3.05, 3.63) is 48.1 Å². The summed E-state index contributed by atoms with van der Waals surface area (Å²) >= 11 is 0. The van der Waals surface area contributed by atoms with Gasteiger partial charge in [-0.25, -0.2) is 14.4 Å². The fourth-order valence-corrected chi connectivity index (χ4v) is 9.46. The van der Waals surface area contributed by atoms with Crippen LogP contribution in [0, 0.1) is 0 Å². The average Bonchev–Trinajstić information content (AvgIpc) is 3.41. The summed E-state index contributed by atoms with van der Waals surface area (Å²) in [5.74, 6) is 1.12.